The Hall–Kier alpha value is -2.55. The van der Waals surface area contributed by atoms with Crippen LogP contribution in [0.2, 0.25) is 0 Å². The molecule has 0 aliphatic heterocycles. The Balaban J connectivity index is 1.88. The van der Waals surface area contributed by atoms with Gasteiger partial charge in [0.15, 0.2) is 5.58 Å². The van der Waals surface area contributed by atoms with Gasteiger partial charge >= 0.3 is 12.1 Å². The summed E-state index contributed by atoms with van der Waals surface area (Å²) in [5.74, 6) is -0.655. The number of fused-ring (bicyclic) bond motifs is 1. The minimum absolute atomic E-state index is 0.0810. The molecule has 0 saturated heterocycles. The summed E-state index contributed by atoms with van der Waals surface area (Å²) in [6.07, 6.45) is -4.78. The van der Waals surface area contributed by atoms with Gasteiger partial charge in [0.25, 0.3) is 6.01 Å². The van der Waals surface area contributed by atoms with E-state index in [4.69, 9.17) is 13.9 Å². The Morgan fingerprint density at radius 2 is 1.93 bits per heavy atom. The van der Waals surface area contributed by atoms with Crippen molar-refractivity contribution >= 4 is 32.9 Å². The SMILES string of the molecule is CCOC(=O)Cc1ccc(C(F)(F)F)cc1OCc1cc(Br)c2oc(F)cc2c1. The van der Waals surface area contributed by atoms with Crippen molar-refractivity contribution in [3.8, 4) is 5.75 Å². The van der Waals surface area contributed by atoms with E-state index >= 15 is 0 Å². The topological polar surface area (TPSA) is 48.7 Å². The van der Waals surface area contributed by atoms with Crippen molar-refractivity contribution in [3.63, 3.8) is 0 Å². The van der Waals surface area contributed by atoms with Crippen LogP contribution in [0.15, 0.2) is 45.3 Å². The zero-order valence-electron chi connectivity index (χ0n) is 15.1. The molecule has 154 valence electrons. The van der Waals surface area contributed by atoms with Crippen LogP contribution >= 0.6 is 15.9 Å². The molecule has 0 unspecified atom stereocenters. The summed E-state index contributed by atoms with van der Waals surface area (Å²) in [4.78, 5) is 11.8. The van der Waals surface area contributed by atoms with E-state index in [2.05, 4.69) is 15.9 Å². The first-order chi connectivity index (χ1) is 13.7. The predicted molar refractivity (Wildman–Crippen MR) is 100.0 cm³/mol. The molecule has 0 spiro atoms. The van der Waals surface area contributed by atoms with Crippen LogP contribution in [0.4, 0.5) is 17.6 Å². The molecule has 29 heavy (non-hydrogen) atoms. The van der Waals surface area contributed by atoms with Gasteiger partial charge in [-0.15, -0.1) is 0 Å². The quantitative estimate of drug-likeness (QED) is 0.323. The lowest BCUT2D eigenvalue weighted by Crippen LogP contribution is -2.11. The number of rotatable bonds is 6. The van der Waals surface area contributed by atoms with Crippen LogP contribution < -0.4 is 4.74 Å². The van der Waals surface area contributed by atoms with Gasteiger partial charge in [-0.2, -0.15) is 17.6 Å². The number of esters is 1. The van der Waals surface area contributed by atoms with Crippen LogP contribution in [0.5, 0.6) is 5.75 Å². The summed E-state index contributed by atoms with van der Waals surface area (Å²) in [5.41, 5.74) is 0.262. The fourth-order valence-corrected chi connectivity index (χ4v) is 3.36. The van der Waals surface area contributed by atoms with Crippen molar-refractivity contribution in [1.82, 2.24) is 0 Å². The summed E-state index contributed by atoms with van der Waals surface area (Å²) in [6, 6.07) is 6.58. The van der Waals surface area contributed by atoms with Crippen molar-refractivity contribution in [2.45, 2.75) is 26.1 Å². The van der Waals surface area contributed by atoms with Crippen molar-refractivity contribution in [1.29, 1.82) is 0 Å². The third kappa shape index (κ3) is 5.09. The average molecular weight is 475 g/mol. The molecule has 0 aliphatic carbocycles. The van der Waals surface area contributed by atoms with E-state index in [1.54, 1.807) is 19.1 Å². The number of halogens is 5. The largest absolute Gasteiger partial charge is 0.489 e. The van der Waals surface area contributed by atoms with Crippen molar-refractivity contribution in [3.05, 3.63) is 63.6 Å². The first-order valence-corrected chi connectivity index (χ1v) is 9.32. The highest BCUT2D eigenvalue weighted by molar-refractivity contribution is 9.10. The molecule has 0 bridgehead atoms. The molecule has 0 saturated carbocycles. The highest BCUT2D eigenvalue weighted by Gasteiger charge is 2.31. The normalized spacial score (nSPS) is 11.7. The number of ether oxygens (including phenoxy) is 2. The average Bonchev–Trinajstić information content (AvgIpc) is 3.01. The molecule has 0 radical (unpaired) electrons. The second kappa shape index (κ2) is 8.44. The second-order valence-electron chi connectivity index (χ2n) is 6.14. The smallest absolute Gasteiger partial charge is 0.416 e. The summed E-state index contributed by atoms with van der Waals surface area (Å²) in [6.45, 7) is 1.69. The van der Waals surface area contributed by atoms with Gasteiger partial charge in [-0.05, 0) is 52.7 Å². The van der Waals surface area contributed by atoms with Crippen LogP contribution in [0.3, 0.4) is 0 Å². The highest BCUT2D eigenvalue weighted by Crippen LogP contribution is 2.34. The number of furan rings is 1. The molecule has 0 aliphatic rings. The number of carbonyl (C=O) groups excluding carboxylic acids is 1. The lowest BCUT2D eigenvalue weighted by atomic mass is 10.1. The lowest BCUT2D eigenvalue weighted by molar-refractivity contribution is -0.142. The van der Waals surface area contributed by atoms with Gasteiger partial charge in [0.1, 0.15) is 12.4 Å². The molecule has 4 nitrogen and oxygen atoms in total. The second-order valence-corrected chi connectivity index (χ2v) is 6.99. The maximum atomic E-state index is 13.3. The van der Waals surface area contributed by atoms with Gasteiger partial charge in [-0.25, -0.2) is 0 Å². The van der Waals surface area contributed by atoms with Crippen molar-refractivity contribution in [2.75, 3.05) is 6.61 Å². The third-order valence-electron chi connectivity index (χ3n) is 4.03. The zero-order valence-corrected chi connectivity index (χ0v) is 16.7. The Kier molecular flexibility index (Phi) is 6.16. The summed E-state index contributed by atoms with van der Waals surface area (Å²) >= 11 is 3.26. The molecular formula is C20H15BrF4O4. The van der Waals surface area contributed by atoms with Gasteiger partial charge in [0.2, 0.25) is 0 Å². The minimum atomic E-state index is -4.56. The molecule has 1 heterocycles. The molecular weight excluding hydrogens is 460 g/mol. The number of hydrogen-bond donors (Lipinski definition) is 0. The molecule has 0 atom stereocenters. The van der Waals surface area contributed by atoms with Crippen LogP contribution in [-0.4, -0.2) is 12.6 Å². The van der Waals surface area contributed by atoms with Crippen LogP contribution in [0.1, 0.15) is 23.6 Å². The fraction of sp³-hybridized carbons (Fsp3) is 0.250. The van der Waals surface area contributed by atoms with Gasteiger partial charge in [0.05, 0.1) is 23.1 Å². The van der Waals surface area contributed by atoms with Crippen molar-refractivity contribution in [2.24, 2.45) is 0 Å². The maximum absolute atomic E-state index is 13.3. The van der Waals surface area contributed by atoms with E-state index in [0.29, 0.717) is 21.0 Å². The van der Waals surface area contributed by atoms with E-state index in [1.165, 1.54) is 12.1 Å². The van der Waals surface area contributed by atoms with Crippen LogP contribution in [0, 0.1) is 6.01 Å². The number of carbonyl (C=O) groups is 1. The van der Waals surface area contributed by atoms with E-state index in [1.807, 2.05) is 0 Å². The van der Waals surface area contributed by atoms with E-state index in [9.17, 15) is 22.4 Å². The Bertz CT molecular complexity index is 1040. The van der Waals surface area contributed by atoms with Crippen molar-refractivity contribution < 1.29 is 36.2 Å². The molecule has 0 N–H and O–H groups in total. The summed E-state index contributed by atoms with van der Waals surface area (Å²) < 4.78 is 68.4. The maximum Gasteiger partial charge on any atom is 0.416 e. The first-order valence-electron chi connectivity index (χ1n) is 8.53. The Labute approximate surface area is 171 Å². The summed E-state index contributed by atoms with van der Waals surface area (Å²) in [7, 11) is 0. The molecule has 0 fully saturated rings. The van der Waals surface area contributed by atoms with E-state index in [-0.39, 0.29) is 30.9 Å². The minimum Gasteiger partial charge on any atom is -0.489 e. The number of benzene rings is 2. The zero-order chi connectivity index (χ0) is 21.2. The van der Waals surface area contributed by atoms with Gasteiger partial charge < -0.3 is 13.9 Å². The van der Waals surface area contributed by atoms with E-state index < -0.39 is 23.7 Å². The molecule has 3 aromatic rings. The summed E-state index contributed by atoms with van der Waals surface area (Å²) in [5, 5.41) is 0.478. The molecule has 0 amide bonds. The van der Waals surface area contributed by atoms with E-state index in [0.717, 1.165) is 12.1 Å². The molecule has 3 rings (SSSR count). The highest BCUT2D eigenvalue weighted by atomic mass is 79.9. The predicted octanol–water partition coefficient (Wildman–Crippen LogP) is 6.04. The first kappa shape index (κ1) is 21.2. The van der Waals surface area contributed by atoms with Gasteiger partial charge in [-0.3, -0.25) is 4.79 Å². The van der Waals surface area contributed by atoms with Gasteiger partial charge in [0, 0.05) is 17.0 Å². The number of hydrogen-bond acceptors (Lipinski definition) is 4. The number of alkyl halides is 3. The Morgan fingerprint density at radius 1 is 1.17 bits per heavy atom. The molecule has 9 heteroatoms. The fourth-order valence-electron chi connectivity index (χ4n) is 2.76. The monoisotopic (exact) mass is 474 g/mol. The molecule has 2 aromatic carbocycles. The standard InChI is InChI=1S/C20H15BrF4O4/c1-2-27-18(26)8-12-3-4-14(20(23,24)25)9-16(12)28-10-11-5-13-7-17(22)29-19(13)15(21)6-11/h3-7,9H,2,8,10H2,1H3. The third-order valence-corrected chi connectivity index (χ3v) is 4.62. The van der Waals surface area contributed by atoms with Crippen LogP contribution in [0.25, 0.3) is 11.0 Å². The van der Waals surface area contributed by atoms with Gasteiger partial charge in [-0.1, -0.05) is 6.07 Å². The Morgan fingerprint density at radius 3 is 2.62 bits per heavy atom. The lowest BCUT2D eigenvalue weighted by Gasteiger charge is -2.15. The molecule has 1 aromatic heterocycles. The van der Waals surface area contributed by atoms with Crippen LogP contribution in [-0.2, 0) is 28.7 Å².